The molecular formula is C29H29NO4. The quantitative estimate of drug-likeness (QED) is 0.285. The van der Waals surface area contributed by atoms with Crippen molar-refractivity contribution in [3.05, 3.63) is 108 Å². The molecule has 5 nitrogen and oxygen atoms in total. The minimum absolute atomic E-state index is 0.0805. The van der Waals surface area contributed by atoms with E-state index in [4.69, 9.17) is 4.74 Å². The van der Waals surface area contributed by atoms with Gasteiger partial charge >= 0.3 is 5.97 Å². The predicted molar refractivity (Wildman–Crippen MR) is 131 cm³/mol. The first kappa shape index (κ1) is 23.6. The number of ether oxygens (including phenoxy) is 1. The van der Waals surface area contributed by atoms with E-state index >= 15 is 0 Å². The van der Waals surface area contributed by atoms with E-state index in [0.717, 1.165) is 5.56 Å². The van der Waals surface area contributed by atoms with Gasteiger partial charge in [0.15, 0.2) is 11.6 Å². The molecule has 1 aliphatic heterocycles. The number of nitrogens with zero attached hydrogens (tertiary/aromatic N) is 1. The average molecular weight is 456 g/mol. The lowest BCUT2D eigenvalue weighted by molar-refractivity contribution is -0.156. The largest absolute Gasteiger partial charge is 0.465 e. The number of carbonyl (C=O) groups is 3. The van der Waals surface area contributed by atoms with Crippen molar-refractivity contribution in [3.63, 3.8) is 0 Å². The fraction of sp³-hybridized carbons (Fsp3) is 0.276. The molecule has 0 spiro atoms. The lowest BCUT2D eigenvalue weighted by atomic mass is 9.65. The number of rotatable bonds is 7. The summed E-state index contributed by atoms with van der Waals surface area (Å²) in [4.78, 5) is 43.2. The first-order valence-corrected chi connectivity index (χ1v) is 11.6. The zero-order valence-corrected chi connectivity index (χ0v) is 19.5. The molecule has 0 radical (unpaired) electrons. The van der Waals surface area contributed by atoms with Crippen molar-refractivity contribution in [2.45, 2.75) is 19.4 Å². The van der Waals surface area contributed by atoms with E-state index < -0.39 is 17.3 Å². The molecule has 0 aromatic heterocycles. The van der Waals surface area contributed by atoms with E-state index in [1.54, 1.807) is 43.3 Å². The van der Waals surface area contributed by atoms with E-state index in [9.17, 15) is 14.4 Å². The van der Waals surface area contributed by atoms with Crippen molar-refractivity contribution in [1.29, 1.82) is 0 Å². The molecule has 5 heteroatoms. The number of Topliss-reactive ketones (excluding diaryl/α,β-unsaturated/α-hetero) is 2. The minimum Gasteiger partial charge on any atom is -0.465 e. The van der Waals surface area contributed by atoms with Gasteiger partial charge in [0.05, 0.1) is 6.61 Å². The fourth-order valence-corrected chi connectivity index (χ4v) is 5.11. The van der Waals surface area contributed by atoms with Crippen molar-refractivity contribution in [2.75, 3.05) is 20.2 Å². The van der Waals surface area contributed by atoms with Gasteiger partial charge in [-0.3, -0.25) is 19.3 Å². The number of ketones is 2. The van der Waals surface area contributed by atoms with Crippen LogP contribution in [0.1, 0.15) is 45.7 Å². The highest BCUT2D eigenvalue weighted by Crippen LogP contribution is 2.46. The van der Waals surface area contributed by atoms with E-state index in [-0.39, 0.29) is 37.2 Å². The zero-order valence-electron chi connectivity index (χ0n) is 19.5. The summed E-state index contributed by atoms with van der Waals surface area (Å²) < 4.78 is 5.45. The van der Waals surface area contributed by atoms with Crippen LogP contribution in [0.5, 0.6) is 0 Å². The molecular weight excluding hydrogens is 426 g/mol. The molecule has 0 aliphatic carbocycles. The Balaban J connectivity index is 1.84. The number of benzene rings is 3. The van der Waals surface area contributed by atoms with Crippen LogP contribution in [0.3, 0.4) is 0 Å². The Hall–Kier alpha value is -3.57. The Morgan fingerprint density at radius 2 is 1.38 bits per heavy atom. The second-order valence-electron chi connectivity index (χ2n) is 8.81. The summed E-state index contributed by atoms with van der Waals surface area (Å²) in [6, 6.07) is 27.4. The lowest BCUT2D eigenvalue weighted by Crippen LogP contribution is -2.57. The van der Waals surface area contributed by atoms with Crippen molar-refractivity contribution in [3.8, 4) is 0 Å². The number of piperidine rings is 1. The summed E-state index contributed by atoms with van der Waals surface area (Å²) in [5.41, 5.74) is 0.498. The molecule has 1 fully saturated rings. The maximum atomic E-state index is 13.9. The average Bonchev–Trinajstić information content (AvgIpc) is 2.89. The highest BCUT2D eigenvalue weighted by atomic mass is 16.5. The van der Waals surface area contributed by atoms with Crippen LogP contribution in [-0.4, -0.2) is 42.6 Å². The molecule has 0 amide bonds. The van der Waals surface area contributed by atoms with Gasteiger partial charge in [-0.25, -0.2) is 0 Å². The third kappa shape index (κ3) is 4.44. The van der Waals surface area contributed by atoms with Crippen LogP contribution in [0.15, 0.2) is 91.0 Å². The molecule has 4 rings (SSSR count). The van der Waals surface area contributed by atoms with Gasteiger partial charge in [0.1, 0.15) is 5.41 Å². The molecule has 1 aliphatic rings. The van der Waals surface area contributed by atoms with Gasteiger partial charge in [-0.1, -0.05) is 91.0 Å². The van der Waals surface area contributed by atoms with Crippen molar-refractivity contribution in [1.82, 2.24) is 4.90 Å². The van der Waals surface area contributed by atoms with Crippen LogP contribution in [0, 0.1) is 11.3 Å². The minimum atomic E-state index is -1.48. The highest BCUT2D eigenvalue weighted by Gasteiger charge is 2.56. The van der Waals surface area contributed by atoms with E-state index in [0.29, 0.717) is 11.1 Å². The van der Waals surface area contributed by atoms with Gasteiger partial charge in [-0.05, 0) is 26.0 Å². The Labute approximate surface area is 200 Å². The lowest BCUT2D eigenvalue weighted by Gasteiger charge is -2.47. The highest BCUT2D eigenvalue weighted by molar-refractivity contribution is 6.13. The first-order chi connectivity index (χ1) is 16.5. The molecule has 3 atom stereocenters. The van der Waals surface area contributed by atoms with Gasteiger partial charge in [-0.2, -0.15) is 0 Å². The summed E-state index contributed by atoms with van der Waals surface area (Å²) in [5.74, 6) is -1.58. The van der Waals surface area contributed by atoms with Crippen LogP contribution >= 0.6 is 0 Å². The standard InChI is InChI=1S/C29H29NO4/c1-3-34-28(33)29(27(32)23-17-11-6-12-18-23)19-24(26(31)22-15-9-5-10-16-22)25(30(2)20-29)21-13-7-4-8-14-21/h4-18,24-25H,3,19-20H2,1-2H3. The second kappa shape index (κ2) is 10.1. The van der Waals surface area contributed by atoms with Crippen molar-refractivity contribution < 1.29 is 19.1 Å². The normalized spacial score (nSPS) is 22.6. The topological polar surface area (TPSA) is 63.7 Å². The van der Waals surface area contributed by atoms with E-state index in [1.807, 2.05) is 66.5 Å². The number of likely N-dealkylation sites (tertiary alicyclic amines) is 1. The van der Waals surface area contributed by atoms with Crippen molar-refractivity contribution in [2.24, 2.45) is 11.3 Å². The molecule has 3 aromatic rings. The monoisotopic (exact) mass is 455 g/mol. The van der Waals surface area contributed by atoms with Crippen LogP contribution < -0.4 is 0 Å². The molecule has 34 heavy (non-hydrogen) atoms. The zero-order chi connectivity index (χ0) is 24.1. The Kier molecular flexibility index (Phi) is 7.03. The summed E-state index contributed by atoms with van der Waals surface area (Å²) in [7, 11) is 1.87. The number of hydrogen-bond donors (Lipinski definition) is 0. The molecule has 0 bridgehead atoms. The van der Waals surface area contributed by atoms with Crippen LogP contribution in [0.2, 0.25) is 0 Å². The Bertz CT molecular complexity index is 1150. The molecule has 3 unspecified atom stereocenters. The van der Waals surface area contributed by atoms with Gasteiger partial charge in [0, 0.05) is 29.6 Å². The molecule has 3 aromatic carbocycles. The summed E-state index contributed by atoms with van der Waals surface area (Å²) >= 11 is 0. The third-order valence-electron chi connectivity index (χ3n) is 6.62. The number of hydrogen-bond acceptors (Lipinski definition) is 5. The smallest absolute Gasteiger partial charge is 0.321 e. The maximum absolute atomic E-state index is 13.9. The molecule has 1 saturated heterocycles. The van der Waals surface area contributed by atoms with Crippen LogP contribution in [0.4, 0.5) is 0 Å². The van der Waals surface area contributed by atoms with E-state index in [2.05, 4.69) is 0 Å². The summed E-state index contributed by atoms with van der Waals surface area (Å²) in [6.45, 7) is 2.05. The SMILES string of the molecule is CCOC(=O)C1(C(=O)c2ccccc2)CC(C(=O)c2ccccc2)C(c2ccccc2)N(C)C1. The number of carbonyl (C=O) groups excluding carboxylic acids is 3. The van der Waals surface area contributed by atoms with Gasteiger partial charge in [0.2, 0.25) is 0 Å². The molecule has 0 saturated carbocycles. The number of esters is 1. The maximum Gasteiger partial charge on any atom is 0.321 e. The molecule has 174 valence electrons. The fourth-order valence-electron chi connectivity index (χ4n) is 5.11. The van der Waals surface area contributed by atoms with Gasteiger partial charge in [-0.15, -0.1) is 0 Å². The third-order valence-corrected chi connectivity index (χ3v) is 6.62. The van der Waals surface area contributed by atoms with Crippen molar-refractivity contribution >= 4 is 17.5 Å². The molecule has 1 heterocycles. The van der Waals surface area contributed by atoms with Gasteiger partial charge < -0.3 is 4.74 Å². The summed E-state index contributed by atoms with van der Waals surface area (Å²) in [5, 5.41) is 0. The first-order valence-electron chi connectivity index (χ1n) is 11.6. The van der Waals surface area contributed by atoms with Crippen LogP contribution in [0.25, 0.3) is 0 Å². The van der Waals surface area contributed by atoms with E-state index in [1.165, 1.54) is 0 Å². The van der Waals surface area contributed by atoms with Gasteiger partial charge in [0.25, 0.3) is 0 Å². The Morgan fingerprint density at radius 1 is 0.853 bits per heavy atom. The van der Waals surface area contributed by atoms with Crippen LogP contribution in [-0.2, 0) is 9.53 Å². The predicted octanol–water partition coefficient (Wildman–Crippen LogP) is 4.99. The second-order valence-corrected chi connectivity index (χ2v) is 8.81. The molecule has 0 N–H and O–H groups in total. The summed E-state index contributed by atoms with van der Waals surface area (Å²) in [6.07, 6.45) is 0.0805. The Morgan fingerprint density at radius 3 is 1.94 bits per heavy atom.